The number of nitrogens with one attached hydrogen (secondary N) is 1. The number of amides is 1. The van der Waals surface area contributed by atoms with Gasteiger partial charge in [0.05, 0.1) is 12.4 Å². The molecule has 0 aromatic carbocycles. The first-order valence-corrected chi connectivity index (χ1v) is 3.70. The number of nitrogens with two attached hydrogens (primary N) is 1. The van der Waals surface area contributed by atoms with Gasteiger partial charge in [-0.25, -0.2) is 4.98 Å². The Bertz CT molecular complexity index is 324. The molecule has 0 atom stereocenters. The molecule has 0 aliphatic heterocycles. The zero-order valence-corrected chi connectivity index (χ0v) is 7.03. The van der Waals surface area contributed by atoms with Gasteiger partial charge in [-0.1, -0.05) is 6.08 Å². The fourth-order valence-electron chi connectivity index (χ4n) is 0.747. The smallest absolute Gasteiger partial charge is 0.268 e. The highest BCUT2D eigenvalue weighted by atomic mass is 16.1. The van der Waals surface area contributed by atoms with Crippen LogP contribution in [0.1, 0.15) is 10.5 Å². The Morgan fingerprint density at radius 3 is 3.08 bits per heavy atom. The maximum Gasteiger partial charge on any atom is 0.268 e. The van der Waals surface area contributed by atoms with Crippen LogP contribution in [-0.4, -0.2) is 22.4 Å². The lowest BCUT2D eigenvalue weighted by Gasteiger charge is -2.01. The minimum atomic E-state index is -0.588. The van der Waals surface area contributed by atoms with Crippen LogP contribution in [0.25, 0.3) is 0 Å². The van der Waals surface area contributed by atoms with Crippen LogP contribution in [0.15, 0.2) is 25.0 Å². The van der Waals surface area contributed by atoms with Crippen molar-refractivity contribution in [3.8, 4) is 0 Å². The second kappa shape index (κ2) is 4.20. The van der Waals surface area contributed by atoms with E-state index in [-0.39, 0.29) is 5.69 Å². The third-order valence-corrected chi connectivity index (χ3v) is 1.31. The monoisotopic (exact) mass is 178 g/mol. The van der Waals surface area contributed by atoms with Gasteiger partial charge in [0.15, 0.2) is 0 Å². The maximum absolute atomic E-state index is 10.7. The molecule has 0 aliphatic carbocycles. The second-order valence-electron chi connectivity index (χ2n) is 2.32. The van der Waals surface area contributed by atoms with Crippen molar-refractivity contribution in [1.29, 1.82) is 0 Å². The molecule has 0 saturated heterocycles. The van der Waals surface area contributed by atoms with E-state index in [1.165, 1.54) is 12.4 Å². The molecule has 0 saturated carbocycles. The van der Waals surface area contributed by atoms with E-state index in [1.54, 1.807) is 6.08 Å². The van der Waals surface area contributed by atoms with Crippen LogP contribution in [0.3, 0.4) is 0 Å². The van der Waals surface area contributed by atoms with E-state index in [9.17, 15) is 4.79 Å². The summed E-state index contributed by atoms with van der Waals surface area (Å²) >= 11 is 0. The molecule has 5 heteroatoms. The predicted molar refractivity (Wildman–Crippen MR) is 49.2 cm³/mol. The Morgan fingerprint density at radius 1 is 1.69 bits per heavy atom. The summed E-state index contributed by atoms with van der Waals surface area (Å²) in [5.74, 6) is -0.0778. The topological polar surface area (TPSA) is 80.9 Å². The van der Waals surface area contributed by atoms with E-state index in [4.69, 9.17) is 5.73 Å². The average Bonchev–Trinajstić information content (AvgIpc) is 2.15. The number of rotatable bonds is 4. The first-order valence-electron chi connectivity index (χ1n) is 3.70. The summed E-state index contributed by atoms with van der Waals surface area (Å²) in [5.41, 5.74) is 5.17. The standard InChI is InChI=1S/C8H10N4O/c1-2-3-11-7-5-10-4-6(12-7)8(9)13/h2,4-5H,1,3H2,(H2,9,13)(H,11,12). The summed E-state index contributed by atoms with van der Waals surface area (Å²) in [6.45, 7) is 4.10. The highest BCUT2D eigenvalue weighted by Crippen LogP contribution is 2.00. The van der Waals surface area contributed by atoms with Gasteiger partial charge in [-0.2, -0.15) is 0 Å². The molecule has 1 aromatic heterocycles. The van der Waals surface area contributed by atoms with Gasteiger partial charge < -0.3 is 11.1 Å². The number of anilines is 1. The molecule has 0 fully saturated rings. The van der Waals surface area contributed by atoms with E-state index in [0.29, 0.717) is 12.4 Å². The minimum Gasteiger partial charge on any atom is -0.365 e. The van der Waals surface area contributed by atoms with Crippen LogP contribution in [0, 0.1) is 0 Å². The van der Waals surface area contributed by atoms with Crippen molar-refractivity contribution in [2.45, 2.75) is 0 Å². The number of carbonyl (C=O) groups is 1. The van der Waals surface area contributed by atoms with Crippen LogP contribution in [0.5, 0.6) is 0 Å². The van der Waals surface area contributed by atoms with Crippen LogP contribution in [0.2, 0.25) is 0 Å². The maximum atomic E-state index is 10.7. The summed E-state index contributed by atoms with van der Waals surface area (Å²) in [7, 11) is 0. The third-order valence-electron chi connectivity index (χ3n) is 1.31. The molecule has 13 heavy (non-hydrogen) atoms. The Morgan fingerprint density at radius 2 is 2.46 bits per heavy atom. The second-order valence-corrected chi connectivity index (χ2v) is 2.32. The zero-order chi connectivity index (χ0) is 9.68. The Balaban J connectivity index is 2.79. The lowest BCUT2D eigenvalue weighted by atomic mass is 10.4. The number of aromatic nitrogens is 2. The summed E-state index contributed by atoms with van der Waals surface area (Å²) < 4.78 is 0. The fraction of sp³-hybridized carbons (Fsp3) is 0.125. The molecule has 1 heterocycles. The van der Waals surface area contributed by atoms with Gasteiger partial charge in [0.25, 0.3) is 5.91 Å². The third kappa shape index (κ3) is 2.55. The molecule has 1 rings (SSSR count). The van der Waals surface area contributed by atoms with E-state index in [2.05, 4.69) is 21.9 Å². The highest BCUT2D eigenvalue weighted by Gasteiger charge is 2.02. The molecule has 1 amide bonds. The number of nitrogens with zero attached hydrogens (tertiary/aromatic N) is 2. The van der Waals surface area contributed by atoms with Crippen LogP contribution < -0.4 is 11.1 Å². The van der Waals surface area contributed by atoms with Crippen LogP contribution >= 0.6 is 0 Å². The molecule has 68 valence electrons. The fourth-order valence-corrected chi connectivity index (χ4v) is 0.747. The molecule has 3 N–H and O–H groups in total. The Hall–Kier alpha value is -1.91. The average molecular weight is 178 g/mol. The highest BCUT2D eigenvalue weighted by molar-refractivity contribution is 5.90. The Labute approximate surface area is 75.7 Å². The van der Waals surface area contributed by atoms with Crippen molar-refractivity contribution in [2.75, 3.05) is 11.9 Å². The molecule has 0 unspecified atom stereocenters. The summed E-state index contributed by atoms with van der Waals surface area (Å²) in [6.07, 6.45) is 4.51. The van der Waals surface area contributed by atoms with Crippen molar-refractivity contribution in [3.63, 3.8) is 0 Å². The molecule has 0 bridgehead atoms. The lowest BCUT2D eigenvalue weighted by molar-refractivity contribution is 0.0995. The van der Waals surface area contributed by atoms with Crippen molar-refractivity contribution in [1.82, 2.24) is 9.97 Å². The summed E-state index contributed by atoms with van der Waals surface area (Å²) in [4.78, 5) is 18.4. The van der Waals surface area contributed by atoms with Gasteiger partial charge in [0.2, 0.25) is 0 Å². The summed E-state index contributed by atoms with van der Waals surface area (Å²) in [6, 6.07) is 0. The van der Waals surface area contributed by atoms with Gasteiger partial charge in [0, 0.05) is 6.54 Å². The molecule has 5 nitrogen and oxygen atoms in total. The van der Waals surface area contributed by atoms with Crippen molar-refractivity contribution in [3.05, 3.63) is 30.7 Å². The first kappa shape index (κ1) is 9.18. The van der Waals surface area contributed by atoms with Gasteiger partial charge in [0.1, 0.15) is 11.5 Å². The predicted octanol–water partition coefficient (Wildman–Crippen LogP) is 0.173. The van der Waals surface area contributed by atoms with Crippen LogP contribution in [-0.2, 0) is 0 Å². The number of hydrogen-bond donors (Lipinski definition) is 2. The minimum absolute atomic E-state index is 0.147. The Kier molecular flexibility index (Phi) is 2.97. The molecular weight excluding hydrogens is 168 g/mol. The first-order chi connectivity index (χ1) is 6.24. The number of carbonyl (C=O) groups excluding carboxylic acids is 1. The van der Waals surface area contributed by atoms with Gasteiger partial charge >= 0.3 is 0 Å². The van der Waals surface area contributed by atoms with Gasteiger partial charge in [-0.15, -0.1) is 6.58 Å². The molecule has 1 aromatic rings. The SMILES string of the molecule is C=CCNc1cncc(C(N)=O)n1. The van der Waals surface area contributed by atoms with Crippen molar-refractivity contribution in [2.24, 2.45) is 5.73 Å². The summed E-state index contributed by atoms with van der Waals surface area (Å²) in [5, 5.41) is 2.89. The van der Waals surface area contributed by atoms with Crippen LogP contribution in [0.4, 0.5) is 5.82 Å². The van der Waals surface area contributed by atoms with E-state index in [1.807, 2.05) is 0 Å². The van der Waals surface area contributed by atoms with Gasteiger partial charge in [-0.05, 0) is 0 Å². The lowest BCUT2D eigenvalue weighted by Crippen LogP contribution is -2.14. The normalized spacial score (nSPS) is 9.23. The molecular formula is C8H10N4O. The largest absolute Gasteiger partial charge is 0.365 e. The number of hydrogen-bond acceptors (Lipinski definition) is 4. The van der Waals surface area contributed by atoms with E-state index >= 15 is 0 Å². The molecule has 0 aliphatic rings. The molecule has 0 spiro atoms. The number of primary amides is 1. The quantitative estimate of drug-likeness (QED) is 0.644. The zero-order valence-electron chi connectivity index (χ0n) is 7.03. The van der Waals surface area contributed by atoms with E-state index in [0.717, 1.165) is 0 Å². The van der Waals surface area contributed by atoms with Gasteiger partial charge in [-0.3, -0.25) is 9.78 Å². The van der Waals surface area contributed by atoms with Crippen molar-refractivity contribution >= 4 is 11.7 Å². The van der Waals surface area contributed by atoms with Crippen molar-refractivity contribution < 1.29 is 4.79 Å². The van der Waals surface area contributed by atoms with E-state index < -0.39 is 5.91 Å². The molecule has 0 radical (unpaired) electrons.